The molecule has 2 aliphatic rings. The van der Waals surface area contributed by atoms with Gasteiger partial charge in [0.1, 0.15) is 5.69 Å². The number of pyridine rings is 1. The zero-order valence-corrected chi connectivity index (χ0v) is 12.1. The smallest absolute Gasteiger partial charge is 0.274 e. The zero-order valence-electron chi connectivity index (χ0n) is 12.1. The van der Waals surface area contributed by atoms with Gasteiger partial charge in [-0.05, 0) is 31.7 Å². The molecule has 2 heterocycles. The average molecular weight is 289 g/mol. The number of aromatic nitrogens is 1. The minimum atomic E-state index is -0.290. The van der Waals surface area contributed by atoms with Gasteiger partial charge in [-0.25, -0.2) is 0 Å². The number of nitrogens with one attached hydrogen (secondary N) is 1. The Balaban J connectivity index is 1.87. The number of amides is 2. The highest BCUT2D eigenvalue weighted by Gasteiger charge is 2.30. The van der Waals surface area contributed by atoms with Gasteiger partial charge in [-0.3, -0.25) is 14.4 Å². The number of anilines is 1. The van der Waals surface area contributed by atoms with E-state index in [4.69, 9.17) is 0 Å². The zero-order chi connectivity index (χ0) is 15.0. The molecule has 1 aromatic rings. The van der Waals surface area contributed by atoms with Crippen molar-refractivity contribution < 1.29 is 9.59 Å². The molecule has 1 N–H and O–H groups in total. The topological polar surface area (TPSA) is 71.4 Å². The fraction of sp³-hybridized carbons (Fsp3) is 0.533. The molecule has 112 valence electrons. The summed E-state index contributed by atoms with van der Waals surface area (Å²) >= 11 is 0. The van der Waals surface area contributed by atoms with Crippen LogP contribution < -0.4 is 10.9 Å². The number of carbonyl (C=O) groups is 2. The van der Waals surface area contributed by atoms with E-state index in [0.29, 0.717) is 5.56 Å². The van der Waals surface area contributed by atoms with Crippen LogP contribution in [0.1, 0.15) is 36.0 Å². The van der Waals surface area contributed by atoms with Crippen LogP contribution in [0.25, 0.3) is 0 Å². The summed E-state index contributed by atoms with van der Waals surface area (Å²) in [7, 11) is 1.59. The van der Waals surface area contributed by atoms with Crippen LogP contribution in [0.3, 0.4) is 0 Å². The Kier molecular flexibility index (Phi) is 3.53. The highest BCUT2D eigenvalue weighted by atomic mass is 16.2. The fourth-order valence-electron chi connectivity index (χ4n) is 2.60. The molecule has 1 aliphatic heterocycles. The SMILES string of the molecule is Cn1cc(C(=O)N2CCCC2)cc(NC(=O)C2CC2)c1=O. The maximum atomic E-state index is 12.4. The average Bonchev–Trinajstić information content (AvgIpc) is 3.18. The molecule has 3 rings (SSSR count). The standard InChI is InChI=1S/C15H19N3O3/c1-17-9-11(14(20)18-6-2-3-7-18)8-12(15(17)21)16-13(19)10-4-5-10/h8-10H,2-7H2,1H3,(H,16,19). The second-order valence-electron chi connectivity index (χ2n) is 5.82. The second kappa shape index (κ2) is 5.35. The molecule has 6 heteroatoms. The van der Waals surface area contributed by atoms with Crippen LogP contribution in [0.2, 0.25) is 0 Å². The molecule has 1 aliphatic carbocycles. The Morgan fingerprint density at radius 3 is 2.52 bits per heavy atom. The lowest BCUT2D eigenvalue weighted by molar-refractivity contribution is -0.117. The molecular formula is C15H19N3O3. The molecule has 1 saturated carbocycles. The van der Waals surface area contributed by atoms with Gasteiger partial charge in [0.25, 0.3) is 11.5 Å². The summed E-state index contributed by atoms with van der Waals surface area (Å²) in [6.45, 7) is 1.51. The lowest BCUT2D eigenvalue weighted by atomic mass is 10.2. The summed E-state index contributed by atoms with van der Waals surface area (Å²) < 4.78 is 1.35. The van der Waals surface area contributed by atoms with E-state index in [1.165, 1.54) is 16.8 Å². The minimum absolute atomic E-state index is 0.0210. The molecule has 0 spiro atoms. The maximum Gasteiger partial charge on any atom is 0.274 e. The van der Waals surface area contributed by atoms with Crippen molar-refractivity contribution in [2.24, 2.45) is 13.0 Å². The van der Waals surface area contributed by atoms with Crippen molar-refractivity contribution in [3.05, 3.63) is 28.2 Å². The Bertz CT molecular complexity index is 640. The number of aryl methyl sites for hydroxylation is 1. The van der Waals surface area contributed by atoms with Gasteiger partial charge >= 0.3 is 0 Å². The van der Waals surface area contributed by atoms with Gasteiger partial charge in [-0.15, -0.1) is 0 Å². The number of nitrogens with zero attached hydrogens (tertiary/aromatic N) is 2. The van der Waals surface area contributed by atoms with Crippen molar-refractivity contribution >= 4 is 17.5 Å². The Hall–Kier alpha value is -2.11. The van der Waals surface area contributed by atoms with Crippen molar-refractivity contribution in [2.45, 2.75) is 25.7 Å². The van der Waals surface area contributed by atoms with E-state index in [9.17, 15) is 14.4 Å². The molecule has 0 bridgehead atoms. The summed E-state index contributed by atoms with van der Waals surface area (Å²) in [5, 5.41) is 2.66. The normalized spacial score (nSPS) is 17.9. The molecule has 0 aromatic carbocycles. The van der Waals surface area contributed by atoms with E-state index >= 15 is 0 Å². The summed E-state index contributed by atoms with van der Waals surface area (Å²) in [4.78, 5) is 38.1. The van der Waals surface area contributed by atoms with E-state index in [1.54, 1.807) is 11.9 Å². The molecule has 21 heavy (non-hydrogen) atoms. The predicted molar refractivity (Wildman–Crippen MR) is 78.2 cm³/mol. The van der Waals surface area contributed by atoms with E-state index in [2.05, 4.69) is 5.32 Å². The number of likely N-dealkylation sites (tertiary alicyclic amines) is 1. The molecule has 2 fully saturated rings. The van der Waals surface area contributed by atoms with Crippen LogP contribution in [-0.4, -0.2) is 34.4 Å². The third kappa shape index (κ3) is 2.84. The minimum Gasteiger partial charge on any atom is -0.339 e. The van der Waals surface area contributed by atoms with Crippen LogP contribution >= 0.6 is 0 Å². The lowest BCUT2D eigenvalue weighted by Crippen LogP contribution is -2.31. The number of carbonyl (C=O) groups excluding carboxylic acids is 2. The largest absolute Gasteiger partial charge is 0.339 e. The highest BCUT2D eigenvalue weighted by Crippen LogP contribution is 2.29. The monoisotopic (exact) mass is 289 g/mol. The third-order valence-electron chi connectivity index (χ3n) is 4.03. The van der Waals surface area contributed by atoms with Crippen LogP contribution in [-0.2, 0) is 11.8 Å². The summed E-state index contributed by atoms with van der Waals surface area (Å²) in [5.41, 5.74) is 0.353. The van der Waals surface area contributed by atoms with Crippen LogP contribution in [0, 0.1) is 5.92 Å². The predicted octanol–water partition coefficient (Wildman–Crippen LogP) is 0.970. The van der Waals surface area contributed by atoms with Gasteiger partial charge in [0.05, 0.1) is 5.56 Å². The summed E-state index contributed by atoms with van der Waals surface area (Å²) in [6, 6.07) is 1.50. The highest BCUT2D eigenvalue weighted by molar-refractivity contribution is 5.97. The fourth-order valence-corrected chi connectivity index (χ4v) is 2.60. The van der Waals surface area contributed by atoms with Crippen molar-refractivity contribution in [1.82, 2.24) is 9.47 Å². The van der Waals surface area contributed by atoms with Gasteiger partial charge in [0.15, 0.2) is 0 Å². The molecule has 2 amide bonds. The Morgan fingerprint density at radius 2 is 1.90 bits per heavy atom. The lowest BCUT2D eigenvalue weighted by Gasteiger charge is -2.16. The quantitative estimate of drug-likeness (QED) is 0.901. The first kappa shape index (κ1) is 13.9. The van der Waals surface area contributed by atoms with E-state index in [1.807, 2.05) is 0 Å². The first-order chi connectivity index (χ1) is 10.1. The summed E-state index contributed by atoms with van der Waals surface area (Å²) in [6.07, 6.45) is 5.32. The Labute approximate surface area is 122 Å². The van der Waals surface area contributed by atoms with Gasteiger partial charge < -0.3 is 14.8 Å². The number of hydrogen-bond acceptors (Lipinski definition) is 3. The van der Waals surface area contributed by atoms with E-state index in [-0.39, 0.29) is 29.0 Å². The van der Waals surface area contributed by atoms with Gasteiger partial charge in [0, 0.05) is 32.3 Å². The second-order valence-corrected chi connectivity index (χ2v) is 5.82. The van der Waals surface area contributed by atoms with E-state index in [0.717, 1.165) is 38.8 Å². The molecule has 1 aromatic heterocycles. The van der Waals surface area contributed by atoms with Crippen LogP contribution in [0.5, 0.6) is 0 Å². The van der Waals surface area contributed by atoms with Crippen molar-refractivity contribution in [1.29, 1.82) is 0 Å². The summed E-state index contributed by atoms with van der Waals surface area (Å²) in [5.74, 6) is -0.185. The van der Waals surface area contributed by atoms with Crippen LogP contribution in [0.15, 0.2) is 17.1 Å². The van der Waals surface area contributed by atoms with Crippen molar-refractivity contribution in [2.75, 3.05) is 18.4 Å². The van der Waals surface area contributed by atoms with Gasteiger partial charge in [-0.1, -0.05) is 0 Å². The maximum absolute atomic E-state index is 12.4. The number of hydrogen-bond donors (Lipinski definition) is 1. The van der Waals surface area contributed by atoms with Crippen molar-refractivity contribution in [3.8, 4) is 0 Å². The molecule has 0 radical (unpaired) electrons. The molecule has 0 atom stereocenters. The first-order valence-corrected chi connectivity index (χ1v) is 7.37. The third-order valence-corrected chi connectivity index (χ3v) is 4.03. The Morgan fingerprint density at radius 1 is 1.24 bits per heavy atom. The molecular weight excluding hydrogens is 270 g/mol. The molecule has 0 unspecified atom stereocenters. The molecule has 6 nitrogen and oxygen atoms in total. The first-order valence-electron chi connectivity index (χ1n) is 7.37. The van der Waals surface area contributed by atoms with Crippen molar-refractivity contribution in [3.63, 3.8) is 0 Å². The molecule has 1 saturated heterocycles. The van der Waals surface area contributed by atoms with Crippen LogP contribution in [0.4, 0.5) is 5.69 Å². The number of rotatable bonds is 3. The van der Waals surface area contributed by atoms with E-state index < -0.39 is 0 Å². The van der Waals surface area contributed by atoms with Gasteiger partial charge in [0.2, 0.25) is 5.91 Å². The van der Waals surface area contributed by atoms with Gasteiger partial charge in [-0.2, -0.15) is 0 Å².